The zero-order chi connectivity index (χ0) is 10.1. The molecular formula is C8H13NO3S. The summed E-state index contributed by atoms with van der Waals surface area (Å²) in [5.41, 5.74) is -0.812. The summed E-state index contributed by atoms with van der Waals surface area (Å²) in [7, 11) is -3.06. The van der Waals surface area contributed by atoms with Crippen molar-refractivity contribution in [2.75, 3.05) is 12.9 Å². The Labute approximate surface area is 78.1 Å². The highest BCUT2D eigenvalue weighted by Crippen LogP contribution is 2.39. The van der Waals surface area contributed by atoms with E-state index in [4.69, 9.17) is 10.4 Å². The van der Waals surface area contributed by atoms with Crippen molar-refractivity contribution in [1.82, 2.24) is 0 Å². The van der Waals surface area contributed by atoms with Crippen molar-refractivity contribution in [2.45, 2.75) is 24.5 Å². The molecule has 1 N–H and O–H groups in total. The SMILES string of the molecule is CS(=O)(=O)[C@@H]1CC[C@@](C#N)(CO)C1. The van der Waals surface area contributed by atoms with E-state index in [0.717, 1.165) is 0 Å². The Morgan fingerprint density at radius 3 is 2.54 bits per heavy atom. The molecule has 4 nitrogen and oxygen atoms in total. The topological polar surface area (TPSA) is 78.2 Å². The second kappa shape index (κ2) is 3.28. The van der Waals surface area contributed by atoms with Gasteiger partial charge in [-0.3, -0.25) is 0 Å². The molecule has 0 aromatic heterocycles. The third kappa shape index (κ3) is 2.01. The first-order chi connectivity index (χ1) is 5.93. The van der Waals surface area contributed by atoms with Crippen LogP contribution in [0.25, 0.3) is 0 Å². The first kappa shape index (κ1) is 10.5. The normalized spacial score (nSPS) is 34.4. The molecule has 0 spiro atoms. The fraction of sp³-hybridized carbons (Fsp3) is 0.875. The second-order valence-corrected chi connectivity index (χ2v) is 6.07. The quantitative estimate of drug-likeness (QED) is 0.689. The minimum atomic E-state index is -3.06. The van der Waals surface area contributed by atoms with Gasteiger partial charge in [-0.1, -0.05) is 0 Å². The van der Waals surface area contributed by atoms with Gasteiger partial charge >= 0.3 is 0 Å². The Bertz CT molecular complexity index is 330. The molecule has 0 unspecified atom stereocenters. The predicted octanol–water partition coefficient (Wildman–Crippen LogP) is 0.0858. The molecule has 2 atom stereocenters. The summed E-state index contributed by atoms with van der Waals surface area (Å²) in [6.07, 6.45) is 2.44. The highest BCUT2D eigenvalue weighted by molar-refractivity contribution is 7.91. The lowest BCUT2D eigenvalue weighted by Gasteiger charge is -2.16. The van der Waals surface area contributed by atoms with Gasteiger partial charge in [0.1, 0.15) is 9.84 Å². The maximum atomic E-state index is 11.2. The van der Waals surface area contributed by atoms with Crippen molar-refractivity contribution in [3.63, 3.8) is 0 Å². The van der Waals surface area contributed by atoms with Gasteiger partial charge in [0.25, 0.3) is 0 Å². The lowest BCUT2D eigenvalue weighted by molar-refractivity contribution is 0.180. The lowest BCUT2D eigenvalue weighted by Crippen LogP contribution is -2.23. The van der Waals surface area contributed by atoms with Crippen molar-refractivity contribution in [3.8, 4) is 6.07 Å². The van der Waals surface area contributed by atoms with E-state index in [-0.39, 0.29) is 13.0 Å². The summed E-state index contributed by atoms with van der Waals surface area (Å²) in [4.78, 5) is 0. The van der Waals surface area contributed by atoms with E-state index >= 15 is 0 Å². The molecule has 5 heteroatoms. The van der Waals surface area contributed by atoms with E-state index < -0.39 is 20.5 Å². The van der Waals surface area contributed by atoms with Crippen molar-refractivity contribution >= 4 is 9.84 Å². The number of nitriles is 1. The van der Waals surface area contributed by atoms with Gasteiger partial charge in [-0.15, -0.1) is 0 Å². The monoisotopic (exact) mass is 203 g/mol. The van der Waals surface area contributed by atoms with Gasteiger partial charge < -0.3 is 5.11 Å². The molecule has 0 aromatic rings. The number of aliphatic hydroxyl groups is 1. The Balaban J connectivity index is 2.81. The molecule has 1 aliphatic carbocycles. The molecule has 1 aliphatic rings. The van der Waals surface area contributed by atoms with Gasteiger partial charge in [0, 0.05) is 6.26 Å². The van der Waals surface area contributed by atoms with E-state index in [1.807, 2.05) is 6.07 Å². The molecule has 0 heterocycles. The van der Waals surface area contributed by atoms with Crippen molar-refractivity contribution in [2.24, 2.45) is 5.41 Å². The Morgan fingerprint density at radius 1 is 1.69 bits per heavy atom. The molecular weight excluding hydrogens is 190 g/mol. The van der Waals surface area contributed by atoms with Gasteiger partial charge in [0.15, 0.2) is 0 Å². The summed E-state index contributed by atoms with van der Waals surface area (Å²) in [6.45, 7) is -0.241. The predicted molar refractivity (Wildman–Crippen MR) is 47.6 cm³/mol. The molecule has 0 saturated heterocycles. The molecule has 0 amide bonds. The highest BCUT2D eigenvalue weighted by atomic mass is 32.2. The molecule has 0 bridgehead atoms. The fourth-order valence-corrected chi connectivity index (χ4v) is 2.89. The average Bonchev–Trinajstić information content (AvgIpc) is 2.48. The summed E-state index contributed by atoms with van der Waals surface area (Å²) in [5, 5.41) is 17.3. The van der Waals surface area contributed by atoms with Crippen LogP contribution in [0.5, 0.6) is 0 Å². The van der Waals surface area contributed by atoms with Crippen molar-refractivity contribution in [3.05, 3.63) is 0 Å². The van der Waals surface area contributed by atoms with Gasteiger partial charge in [-0.25, -0.2) is 8.42 Å². The molecule has 0 aliphatic heterocycles. The maximum absolute atomic E-state index is 11.2. The van der Waals surface area contributed by atoms with Gasteiger partial charge in [-0.2, -0.15) is 5.26 Å². The van der Waals surface area contributed by atoms with E-state index in [1.54, 1.807) is 0 Å². The zero-order valence-corrected chi connectivity index (χ0v) is 8.34. The summed E-state index contributed by atoms with van der Waals surface area (Å²) in [5.74, 6) is 0. The number of nitrogens with zero attached hydrogens (tertiary/aromatic N) is 1. The second-order valence-electron chi connectivity index (χ2n) is 3.74. The third-order valence-corrected chi connectivity index (χ3v) is 4.32. The van der Waals surface area contributed by atoms with Crippen LogP contribution in [-0.2, 0) is 9.84 Å². The first-order valence-electron chi connectivity index (χ1n) is 4.14. The Morgan fingerprint density at radius 2 is 2.31 bits per heavy atom. The Hall–Kier alpha value is -0.600. The van der Waals surface area contributed by atoms with Crippen LogP contribution in [0.4, 0.5) is 0 Å². The van der Waals surface area contributed by atoms with Gasteiger partial charge in [-0.05, 0) is 19.3 Å². The first-order valence-corrected chi connectivity index (χ1v) is 6.10. The minimum Gasteiger partial charge on any atom is -0.395 e. The largest absolute Gasteiger partial charge is 0.395 e. The van der Waals surface area contributed by atoms with E-state index in [9.17, 15) is 8.42 Å². The molecule has 1 rings (SSSR count). The van der Waals surface area contributed by atoms with Crippen LogP contribution in [0.15, 0.2) is 0 Å². The van der Waals surface area contributed by atoms with Crippen LogP contribution in [0.2, 0.25) is 0 Å². The summed E-state index contributed by atoms with van der Waals surface area (Å²) in [6, 6.07) is 2.01. The molecule has 1 saturated carbocycles. The molecule has 13 heavy (non-hydrogen) atoms. The molecule has 0 radical (unpaired) electrons. The van der Waals surface area contributed by atoms with Crippen LogP contribution in [-0.4, -0.2) is 31.6 Å². The lowest BCUT2D eigenvalue weighted by atomic mass is 9.89. The van der Waals surface area contributed by atoms with Crippen molar-refractivity contribution < 1.29 is 13.5 Å². The summed E-state index contributed by atoms with van der Waals surface area (Å²) >= 11 is 0. The fourth-order valence-electron chi connectivity index (χ4n) is 1.72. The van der Waals surface area contributed by atoms with E-state index in [1.165, 1.54) is 6.26 Å². The number of rotatable bonds is 2. The average molecular weight is 203 g/mol. The van der Waals surface area contributed by atoms with E-state index in [0.29, 0.717) is 12.8 Å². The van der Waals surface area contributed by atoms with Crippen LogP contribution in [0, 0.1) is 16.7 Å². The highest BCUT2D eigenvalue weighted by Gasteiger charge is 2.42. The van der Waals surface area contributed by atoms with Crippen LogP contribution >= 0.6 is 0 Å². The van der Waals surface area contributed by atoms with Gasteiger partial charge in [0.2, 0.25) is 0 Å². The molecule has 1 fully saturated rings. The van der Waals surface area contributed by atoms with Crippen LogP contribution < -0.4 is 0 Å². The third-order valence-electron chi connectivity index (χ3n) is 2.71. The van der Waals surface area contributed by atoms with E-state index in [2.05, 4.69) is 0 Å². The Kier molecular flexibility index (Phi) is 2.64. The zero-order valence-electron chi connectivity index (χ0n) is 7.52. The number of aliphatic hydroxyl groups excluding tert-OH is 1. The molecule has 74 valence electrons. The van der Waals surface area contributed by atoms with Gasteiger partial charge in [0.05, 0.1) is 23.3 Å². The smallest absolute Gasteiger partial charge is 0.150 e. The number of sulfone groups is 1. The number of hydrogen-bond donors (Lipinski definition) is 1. The number of hydrogen-bond acceptors (Lipinski definition) is 4. The van der Waals surface area contributed by atoms with Crippen LogP contribution in [0.1, 0.15) is 19.3 Å². The standard InChI is InChI=1S/C8H13NO3S/c1-13(11,12)7-2-3-8(4-7,5-9)6-10/h7,10H,2-4,6H2,1H3/t7-,8-/m1/s1. The minimum absolute atomic E-state index is 0.241. The van der Waals surface area contributed by atoms with Crippen LogP contribution in [0.3, 0.4) is 0 Å². The molecule has 0 aromatic carbocycles. The maximum Gasteiger partial charge on any atom is 0.150 e. The summed E-state index contributed by atoms with van der Waals surface area (Å²) < 4.78 is 22.3. The van der Waals surface area contributed by atoms with Crippen molar-refractivity contribution in [1.29, 1.82) is 5.26 Å².